The Bertz CT molecular complexity index is 1240. The van der Waals surface area contributed by atoms with Gasteiger partial charge in [-0.1, -0.05) is 190 Å². The van der Waals surface area contributed by atoms with Gasteiger partial charge in [-0.15, -0.1) is 0 Å². The largest absolute Gasteiger partial charge is 0.756 e. The van der Waals surface area contributed by atoms with E-state index in [1.165, 1.54) is 96.3 Å². The van der Waals surface area contributed by atoms with Crippen LogP contribution in [0.1, 0.15) is 187 Å². The van der Waals surface area contributed by atoms with Crippen molar-refractivity contribution in [2.75, 3.05) is 47.5 Å². The molecule has 0 aliphatic rings. The van der Waals surface area contributed by atoms with Crippen LogP contribution in [0.4, 0.5) is 0 Å². The summed E-state index contributed by atoms with van der Waals surface area (Å²) >= 11 is 0. The Morgan fingerprint density at radius 3 is 1.59 bits per heavy atom. The highest BCUT2D eigenvalue weighted by atomic mass is 31.2. The van der Waals surface area contributed by atoms with E-state index in [1.807, 2.05) is 33.3 Å². The van der Waals surface area contributed by atoms with Crippen molar-refractivity contribution < 1.29 is 47.2 Å². The number of phosphoric ester groups is 1. The number of rotatable bonds is 43. The fraction of sp³-hybridized carbons (Fsp3) is 0.760. The third kappa shape index (κ3) is 45.5. The highest BCUT2D eigenvalue weighted by Gasteiger charge is 2.22. The number of quaternary nitrogens is 1. The minimum atomic E-state index is -4.68. The second-order valence-electron chi connectivity index (χ2n) is 17.3. The number of carbonyl (C=O) groups excluding carboxylic acids is 2. The third-order valence-corrected chi connectivity index (χ3v) is 11.1. The van der Waals surface area contributed by atoms with Gasteiger partial charge in [-0.2, -0.15) is 0 Å². The van der Waals surface area contributed by atoms with Crippen molar-refractivity contribution in [3.63, 3.8) is 0 Å². The number of carbonyl (C=O) groups is 2. The molecule has 0 fully saturated rings. The SMILES string of the molecule is CC/C=C\C/C=C\C/C=C\C/C=C\C=C\C(O)CCCC(=O)O[C@H](COC(=O)CCCCCCCCCCCCCCCCCCCCC)COP(=O)([O-])OCC[N+](C)(C)C. The topological polar surface area (TPSA) is 131 Å². The number of hydrogen-bond donors (Lipinski definition) is 1. The summed E-state index contributed by atoms with van der Waals surface area (Å²) in [6, 6.07) is 0. The van der Waals surface area contributed by atoms with Crippen LogP contribution in [0.25, 0.3) is 0 Å². The van der Waals surface area contributed by atoms with Crippen LogP contribution in [0.5, 0.6) is 0 Å². The number of aliphatic hydroxyl groups is 1. The standard InChI is InChI=1S/C50H90NO9P/c1-6-8-10-12-14-16-18-20-21-22-23-24-25-27-29-31-33-35-37-41-49(53)57-45-48(46-59-61(55,56)58-44-43-51(3,4)5)60-50(54)42-38-40-47(52)39-36-34-32-30-28-26-19-17-15-13-11-9-7-2/h9,11,15,17,26,28,32,34,36,39,47-48,52H,6-8,10,12-14,16,18-25,27,29-31,33,35,37-38,40-46H2,1-5H3/b11-9-,17-15-,28-26-,34-32-,39-36+/t47?,48-/m1/s1. The summed E-state index contributed by atoms with van der Waals surface area (Å²) in [5, 5.41) is 10.3. The molecule has 0 aliphatic carbocycles. The monoisotopic (exact) mass is 880 g/mol. The first-order valence-corrected chi connectivity index (χ1v) is 25.6. The lowest BCUT2D eigenvalue weighted by Gasteiger charge is -2.28. The Morgan fingerprint density at radius 1 is 0.607 bits per heavy atom. The van der Waals surface area contributed by atoms with E-state index < -0.39 is 38.6 Å². The molecule has 1 N–H and O–H groups in total. The van der Waals surface area contributed by atoms with Gasteiger partial charge in [0, 0.05) is 12.8 Å². The van der Waals surface area contributed by atoms with E-state index in [0.29, 0.717) is 30.3 Å². The number of likely N-dealkylation sites (N-methyl/N-ethyl adjacent to an activating group) is 1. The normalized spacial score (nSPS) is 14.5. The fourth-order valence-corrected chi connectivity index (χ4v) is 7.12. The molecule has 0 bridgehead atoms. The molecule has 0 aromatic heterocycles. The van der Waals surface area contributed by atoms with E-state index in [1.54, 1.807) is 12.2 Å². The highest BCUT2D eigenvalue weighted by Crippen LogP contribution is 2.38. The molecular weight excluding hydrogens is 790 g/mol. The van der Waals surface area contributed by atoms with Gasteiger partial charge in [0.15, 0.2) is 6.10 Å². The van der Waals surface area contributed by atoms with E-state index in [4.69, 9.17) is 18.5 Å². The molecule has 0 amide bonds. The van der Waals surface area contributed by atoms with Crippen molar-refractivity contribution in [1.82, 2.24) is 0 Å². The zero-order chi connectivity index (χ0) is 45.1. The van der Waals surface area contributed by atoms with Crippen molar-refractivity contribution in [1.29, 1.82) is 0 Å². The Hall–Kier alpha value is -2.33. The minimum Gasteiger partial charge on any atom is -0.756 e. The van der Waals surface area contributed by atoms with Gasteiger partial charge >= 0.3 is 11.9 Å². The molecule has 0 rings (SSSR count). The van der Waals surface area contributed by atoms with Crippen molar-refractivity contribution in [2.45, 2.75) is 199 Å². The molecule has 3 atom stereocenters. The first kappa shape index (κ1) is 58.7. The second-order valence-corrected chi connectivity index (χ2v) is 18.7. The number of phosphoric acid groups is 1. The molecule has 354 valence electrons. The number of ether oxygens (including phenoxy) is 2. The van der Waals surface area contributed by atoms with Gasteiger partial charge in [0.1, 0.15) is 19.8 Å². The quantitative estimate of drug-likeness (QED) is 0.0159. The molecular formula is C50H90NO9P. The molecule has 0 saturated heterocycles. The smallest absolute Gasteiger partial charge is 0.306 e. The third-order valence-electron chi connectivity index (χ3n) is 10.2. The van der Waals surface area contributed by atoms with Crippen molar-refractivity contribution in [3.05, 3.63) is 60.8 Å². The maximum Gasteiger partial charge on any atom is 0.306 e. The summed E-state index contributed by atoms with van der Waals surface area (Å²) in [6.07, 6.45) is 47.1. The maximum absolute atomic E-state index is 12.7. The number of esters is 2. The summed E-state index contributed by atoms with van der Waals surface area (Å²) in [4.78, 5) is 37.7. The van der Waals surface area contributed by atoms with Crippen LogP contribution >= 0.6 is 7.82 Å². The Balaban J connectivity index is 4.45. The molecule has 0 saturated carbocycles. The first-order chi connectivity index (χ1) is 29.4. The number of hydrogen-bond acceptors (Lipinski definition) is 9. The van der Waals surface area contributed by atoms with E-state index in [0.717, 1.165) is 44.9 Å². The van der Waals surface area contributed by atoms with E-state index in [-0.39, 0.29) is 26.1 Å². The van der Waals surface area contributed by atoms with Crippen LogP contribution in [0.2, 0.25) is 0 Å². The predicted molar refractivity (Wildman–Crippen MR) is 251 cm³/mol. The molecule has 2 unspecified atom stereocenters. The number of aliphatic hydroxyl groups excluding tert-OH is 1. The minimum absolute atomic E-state index is 0.00624. The maximum atomic E-state index is 12.7. The summed E-state index contributed by atoms with van der Waals surface area (Å²) in [5.74, 6) is -1.04. The Morgan fingerprint density at radius 2 is 1.08 bits per heavy atom. The molecule has 0 radical (unpaired) electrons. The van der Waals surface area contributed by atoms with Gasteiger partial charge < -0.3 is 33.0 Å². The van der Waals surface area contributed by atoms with E-state index in [2.05, 4.69) is 50.3 Å². The molecule has 0 aromatic rings. The van der Waals surface area contributed by atoms with E-state index in [9.17, 15) is 24.2 Å². The summed E-state index contributed by atoms with van der Waals surface area (Å²) in [6.45, 7) is 3.90. The van der Waals surface area contributed by atoms with Crippen molar-refractivity contribution in [2.24, 2.45) is 0 Å². The van der Waals surface area contributed by atoms with Crippen LogP contribution < -0.4 is 4.89 Å². The highest BCUT2D eigenvalue weighted by molar-refractivity contribution is 7.45. The zero-order valence-corrected chi connectivity index (χ0v) is 40.4. The lowest BCUT2D eigenvalue weighted by molar-refractivity contribution is -0.870. The van der Waals surface area contributed by atoms with Gasteiger partial charge in [0.2, 0.25) is 0 Å². The second kappa shape index (κ2) is 41.7. The average Bonchev–Trinajstić information content (AvgIpc) is 3.21. The van der Waals surface area contributed by atoms with E-state index >= 15 is 0 Å². The lowest BCUT2D eigenvalue weighted by atomic mass is 10.0. The number of nitrogens with zero attached hydrogens (tertiary/aromatic N) is 1. The number of unbranched alkanes of at least 4 members (excludes halogenated alkanes) is 18. The molecule has 10 nitrogen and oxygen atoms in total. The van der Waals surface area contributed by atoms with Crippen molar-refractivity contribution >= 4 is 19.8 Å². The first-order valence-electron chi connectivity index (χ1n) is 24.1. The van der Waals surface area contributed by atoms with Gasteiger partial charge in [-0.05, 0) is 44.9 Å². The summed E-state index contributed by atoms with van der Waals surface area (Å²) < 4.78 is 33.8. The molecule has 61 heavy (non-hydrogen) atoms. The summed E-state index contributed by atoms with van der Waals surface area (Å²) in [5.41, 5.74) is 0. The Labute approximate surface area is 373 Å². The predicted octanol–water partition coefficient (Wildman–Crippen LogP) is 12.4. The van der Waals surface area contributed by atoms with Crippen LogP contribution in [0.15, 0.2) is 60.8 Å². The van der Waals surface area contributed by atoms with Crippen LogP contribution in [0, 0.1) is 0 Å². The Kier molecular flexibility index (Phi) is 40.1. The molecule has 0 heterocycles. The van der Waals surface area contributed by atoms with Gasteiger partial charge in [-0.3, -0.25) is 14.2 Å². The molecule has 0 aliphatic heterocycles. The summed E-state index contributed by atoms with van der Waals surface area (Å²) in [7, 11) is 1.04. The fourth-order valence-electron chi connectivity index (χ4n) is 6.39. The van der Waals surface area contributed by atoms with Crippen LogP contribution in [0.3, 0.4) is 0 Å². The van der Waals surface area contributed by atoms with Gasteiger partial charge in [0.05, 0.1) is 33.9 Å². The van der Waals surface area contributed by atoms with Gasteiger partial charge in [-0.25, -0.2) is 0 Å². The molecule has 0 aromatic carbocycles. The van der Waals surface area contributed by atoms with Gasteiger partial charge in [0.25, 0.3) is 7.82 Å². The van der Waals surface area contributed by atoms with Crippen molar-refractivity contribution in [3.8, 4) is 0 Å². The average molecular weight is 880 g/mol. The van der Waals surface area contributed by atoms with Crippen LogP contribution in [-0.4, -0.2) is 81.2 Å². The molecule has 11 heteroatoms. The molecule has 0 spiro atoms. The zero-order valence-electron chi connectivity index (χ0n) is 39.5. The number of allylic oxidation sites excluding steroid dienone is 9. The van der Waals surface area contributed by atoms with Crippen LogP contribution in [-0.2, 0) is 32.7 Å². The lowest BCUT2D eigenvalue weighted by Crippen LogP contribution is -2.37.